The van der Waals surface area contributed by atoms with Crippen molar-refractivity contribution >= 4 is 17.4 Å². The monoisotopic (exact) mass is 616 g/mol. The molecule has 0 spiro atoms. The summed E-state index contributed by atoms with van der Waals surface area (Å²) < 4.78 is 17.7. The van der Waals surface area contributed by atoms with Crippen LogP contribution in [0.5, 0.6) is 11.5 Å². The molecule has 3 aromatic carbocycles. The quantitative estimate of drug-likeness (QED) is 0.195. The van der Waals surface area contributed by atoms with Gasteiger partial charge in [0, 0.05) is 29.8 Å². The minimum atomic E-state index is -1.04. The van der Waals surface area contributed by atoms with E-state index in [0.29, 0.717) is 40.8 Å². The summed E-state index contributed by atoms with van der Waals surface area (Å²) in [6.45, 7) is 3.10. The first-order chi connectivity index (χ1) is 22.4. The Morgan fingerprint density at radius 2 is 1.61 bits per heavy atom. The normalized spacial score (nSPS) is 14.7. The van der Waals surface area contributed by atoms with Crippen molar-refractivity contribution in [2.75, 3.05) is 19.7 Å². The maximum Gasteiger partial charge on any atom is 0.341 e. The number of aryl methyl sites for hydroxylation is 1. The Kier molecular flexibility index (Phi) is 9.43. The minimum Gasteiger partial charge on any atom is -0.484 e. The molecule has 8 nitrogen and oxygen atoms in total. The SMILES string of the molecule is Cc1cc(OCc2nc(C3=CCC=C(C(=O)N4CCCCC4)C=C3)c(-c3ccc(-c4ccccc4)cc3)o2)ccc1OCC(=O)O. The topological polar surface area (TPSA) is 102 Å². The maximum absolute atomic E-state index is 13.2. The molecule has 1 aliphatic carbocycles. The van der Waals surface area contributed by atoms with Crippen molar-refractivity contribution < 1.29 is 28.6 Å². The van der Waals surface area contributed by atoms with Crippen molar-refractivity contribution in [3.05, 3.63) is 120 Å². The number of carbonyl (C=O) groups is 2. The van der Waals surface area contributed by atoms with E-state index in [2.05, 4.69) is 30.3 Å². The lowest BCUT2D eigenvalue weighted by molar-refractivity contribution is -0.139. The molecule has 0 atom stereocenters. The number of hydrogen-bond donors (Lipinski definition) is 1. The molecule has 1 fully saturated rings. The van der Waals surface area contributed by atoms with Crippen LogP contribution in [0.3, 0.4) is 0 Å². The van der Waals surface area contributed by atoms with E-state index in [4.69, 9.17) is 24.0 Å². The van der Waals surface area contributed by atoms with Crippen molar-refractivity contribution in [1.82, 2.24) is 9.88 Å². The van der Waals surface area contributed by atoms with Gasteiger partial charge in [0.1, 0.15) is 17.2 Å². The predicted octanol–water partition coefficient (Wildman–Crippen LogP) is 7.64. The van der Waals surface area contributed by atoms with Crippen LogP contribution in [0.4, 0.5) is 0 Å². The molecule has 0 bridgehead atoms. The van der Waals surface area contributed by atoms with Gasteiger partial charge in [0.05, 0.1) is 0 Å². The highest BCUT2D eigenvalue weighted by atomic mass is 16.5. The largest absolute Gasteiger partial charge is 0.484 e. The average molecular weight is 617 g/mol. The molecule has 1 amide bonds. The van der Waals surface area contributed by atoms with E-state index in [1.807, 2.05) is 60.4 Å². The summed E-state index contributed by atoms with van der Waals surface area (Å²) >= 11 is 0. The third-order valence-electron chi connectivity index (χ3n) is 8.07. The molecular weight excluding hydrogens is 580 g/mol. The second kappa shape index (κ2) is 14.2. The van der Waals surface area contributed by atoms with Crippen LogP contribution in [0.2, 0.25) is 0 Å². The molecule has 6 rings (SSSR count). The lowest BCUT2D eigenvalue weighted by Crippen LogP contribution is -2.36. The summed E-state index contributed by atoms with van der Waals surface area (Å²) in [5, 5.41) is 8.91. The van der Waals surface area contributed by atoms with Gasteiger partial charge in [-0.15, -0.1) is 0 Å². The number of carboxylic acids is 1. The third kappa shape index (κ3) is 7.29. The molecule has 0 unspecified atom stereocenters. The van der Waals surface area contributed by atoms with Crippen molar-refractivity contribution in [1.29, 1.82) is 0 Å². The summed E-state index contributed by atoms with van der Waals surface area (Å²) in [6, 6.07) is 23.6. The van der Waals surface area contributed by atoms with Gasteiger partial charge in [0.2, 0.25) is 5.89 Å². The van der Waals surface area contributed by atoms with E-state index >= 15 is 0 Å². The third-order valence-corrected chi connectivity index (χ3v) is 8.07. The van der Waals surface area contributed by atoms with Gasteiger partial charge in [0.25, 0.3) is 5.91 Å². The number of allylic oxidation sites excluding steroid dienone is 4. The molecule has 2 heterocycles. The lowest BCUT2D eigenvalue weighted by Gasteiger charge is -2.27. The average Bonchev–Trinajstić information content (AvgIpc) is 3.36. The van der Waals surface area contributed by atoms with Crippen molar-refractivity contribution in [3.8, 4) is 33.9 Å². The summed E-state index contributed by atoms with van der Waals surface area (Å²) in [7, 11) is 0. The first-order valence-corrected chi connectivity index (χ1v) is 15.6. The van der Waals surface area contributed by atoms with Crippen LogP contribution in [-0.4, -0.2) is 46.6 Å². The van der Waals surface area contributed by atoms with Crippen molar-refractivity contribution in [3.63, 3.8) is 0 Å². The number of rotatable bonds is 10. The van der Waals surface area contributed by atoms with E-state index in [-0.39, 0.29) is 12.5 Å². The van der Waals surface area contributed by atoms with Gasteiger partial charge in [-0.25, -0.2) is 9.78 Å². The molecule has 1 aliphatic heterocycles. The van der Waals surface area contributed by atoms with Gasteiger partial charge in [0.15, 0.2) is 19.0 Å². The molecule has 0 radical (unpaired) electrons. The molecule has 0 saturated carbocycles. The Bertz CT molecular complexity index is 1790. The highest BCUT2D eigenvalue weighted by molar-refractivity contribution is 5.97. The number of ether oxygens (including phenoxy) is 2. The Morgan fingerprint density at radius 1 is 0.870 bits per heavy atom. The first kappa shape index (κ1) is 30.6. The number of amides is 1. The van der Waals surface area contributed by atoms with Crippen LogP contribution in [0.25, 0.3) is 28.0 Å². The van der Waals surface area contributed by atoms with Gasteiger partial charge in [-0.3, -0.25) is 4.79 Å². The van der Waals surface area contributed by atoms with Crippen LogP contribution in [0.1, 0.15) is 42.8 Å². The number of hydrogen-bond acceptors (Lipinski definition) is 6. The highest BCUT2D eigenvalue weighted by Crippen LogP contribution is 2.34. The zero-order valence-corrected chi connectivity index (χ0v) is 25.8. The second-order valence-electron chi connectivity index (χ2n) is 11.4. The number of likely N-dealkylation sites (tertiary alicyclic amines) is 1. The molecule has 1 N–H and O–H groups in total. The number of oxazole rings is 1. The smallest absolute Gasteiger partial charge is 0.341 e. The molecule has 234 valence electrons. The van der Waals surface area contributed by atoms with E-state index in [0.717, 1.165) is 53.8 Å². The number of nitrogens with zero attached hydrogens (tertiary/aromatic N) is 2. The molecule has 2 aliphatic rings. The van der Waals surface area contributed by atoms with Crippen molar-refractivity contribution in [2.24, 2.45) is 0 Å². The maximum atomic E-state index is 13.2. The highest BCUT2D eigenvalue weighted by Gasteiger charge is 2.22. The summed E-state index contributed by atoms with van der Waals surface area (Å²) in [5.74, 6) is 1.11. The summed E-state index contributed by atoms with van der Waals surface area (Å²) in [5.41, 5.74) is 6.09. The number of benzene rings is 3. The lowest BCUT2D eigenvalue weighted by atomic mass is 10.0. The Hall–Kier alpha value is -5.37. The molecule has 1 aromatic heterocycles. The molecule has 1 saturated heterocycles. The van der Waals surface area contributed by atoms with E-state index in [1.165, 1.54) is 6.42 Å². The van der Waals surface area contributed by atoms with E-state index in [9.17, 15) is 9.59 Å². The van der Waals surface area contributed by atoms with Gasteiger partial charge >= 0.3 is 5.97 Å². The number of aromatic nitrogens is 1. The van der Waals surface area contributed by atoms with Gasteiger partial charge in [-0.1, -0.05) is 72.8 Å². The molecule has 8 heteroatoms. The Labute approximate surface area is 268 Å². The van der Waals surface area contributed by atoms with E-state index in [1.54, 1.807) is 18.2 Å². The van der Waals surface area contributed by atoms with Crippen LogP contribution in [0.15, 0.2) is 107 Å². The molecular formula is C38H36N2O6. The second-order valence-corrected chi connectivity index (χ2v) is 11.4. The number of carbonyl (C=O) groups excluding carboxylic acids is 1. The minimum absolute atomic E-state index is 0.0752. The fraction of sp³-hybridized carbons (Fsp3) is 0.237. The van der Waals surface area contributed by atoms with E-state index < -0.39 is 12.6 Å². The van der Waals surface area contributed by atoms with Crippen LogP contribution < -0.4 is 9.47 Å². The summed E-state index contributed by atoms with van der Waals surface area (Å²) in [6.07, 6.45) is 11.7. The molecule has 4 aromatic rings. The number of carboxylic acid groups (broad SMARTS) is 1. The summed E-state index contributed by atoms with van der Waals surface area (Å²) in [4.78, 5) is 30.9. The first-order valence-electron chi connectivity index (χ1n) is 15.6. The zero-order valence-electron chi connectivity index (χ0n) is 25.8. The van der Waals surface area contributed by atoms with Crippen LogP contribution >= 0.6 is 0 Å². The predicted molar refractivity (Wildman–Crippen MR) is 176 cm³/mol. The fourth-order valence-corrected chi connectivity index (χ4v) is 5.66. The van der Waals surface area contributed by atoms with Crippen molar-refractivity contribution in [2.45, 2.75) is 39.2 Å². The van der Waals surface area contributed by atoms with Gasteiger partial charge < -0.3 is 23.9 Å². The fourth-order valence-electron chi connectivity index (χ4n) is 5.66. The van der Waals surface area contributed by atoms with Crippen LogP contribution in [0, 0.1) is 6.92 Å². The molecule has 46 heavy (non-hydrogen) atoms. The standard InChI is InChI=1S/C38H36N2O6/c1-26-23-32(19-20-33(26)45-25-35(41)42)44-24-34-39-36(29-11-8-12-31(18-15-29)38(43)40-21-6-3-7-22-40)37(46-34)30-16-13-28(14-17-30)27-9-4-2-5-10-27/h2,4-5,9-20,23H,3,6-8,21-22,24-25H2,1H3,(H,41,42). The van der Waals surface area contributed by atoms with Crippen LogP contribution in [-0.2, 0) is 16.2 Å². The van der Waals surface area contributed by atoms with Gasteiger partial charge in [-0.2, -0.15) is 0 Å². The Balaban J connectivity index is 1.26. The zero-order chi connectivity index (χ0) is 31.9. The number of aliphatic carboxylic acids is 1. The Morgan fingerprint density at radius 3 is 2.35 bits per heavy atom. The number of piperidine rings is 1. The van der Waals surface area contributed by atoms with Gasteiger partial charge in [-0.05, 0) is 73.6 Å².